The number of anilines is 1. The number of fused-ring (bicyclic) bond motifs is 1. The molecule has 0 unspecified atom stereocenters. The lowest BCUT2D eigenvalue weighted by atomic mass is 10.0. The maximum Gasteiger partial charge on any atom is 0.321 e. The van der Waals surface area contributed by atoms with Crippen molar-refractivity contribution >= 4 is 22.5 Å². The van der Waals surface area contributed by atoms with Gasteiger partial charge in [-0.25, -0.2) is 4.79 Å². The van der Waals surface area contributed by atoms with Crippen LogP contribution in [0.15, 0.2) is 42.5 Å². The van der Waals surface area contributed by atoms with Gasteiger partial charge in [0.1, 0.15) is 0 Å². The van der Waals surface area contributed by atoms with Gasteiger partial charge in [-0.1, -0.05) is 36.4 Å². The van der Waals surface area contributed by atoms with Gasteiger partial charge in [0, 0.05) is 24.5 Å². The summed E-state index contributed by atoms with van der Waals surface area (Å²) in [6.07, 6.45) is 4.93. The molecular formula is C20H25N3O. The third-order valence-electron chi connectivity index (χ3n) is 5.37. The second kappa shape index (κ2) is 6.81. The molecule has 0 saturated carbocycles. The molecule has 2 saturated heterocycles. The number of rotatable bonds is 2. The summed E-state index contributed by atoms with van der Waals surface area (Å²) in [7, 11) is 0. The Morgan fingerprint density at radius 2 is 1.75 bits per heavy atom. The maximum atomic E-state index is 12.8. The van der Waals surface area contributed by atoms with Gasteiger partial charge in [0.2, 0.25) is 0 Å². The monoisotopic (exact) mass is 323 g/mol. The minimum atomic E-state index is 0.0373. The molecule has 4 heteroatoms. The molecule has 24 heavy (non-hydrogen) atoms. The number of urea groups is 1. The summed E-state index contributed by atoms with van der Waals surface area (Å²) in [4.78, 5) is 17.3. The second-order valence-electron chi connectivity index (χ2n) is 6.94. The summed E-state index contributed by atoms with van der Waals surface area (Å²) < 4.78 is 0. The number of carbonyl (C=O) groups is 1. The van der Waals surface area contributed by atoms with Gasteiger partial charge in [0.15, 0.2) is 0 Å². The third-order valence-corrected chi connectivity index (χ3v) is 5.37. The van der Waals surface area contributed by atoms with E-state index < -0.39 is 0 Å². The summed E-state index contributed by atoms with van der Waals surface area (Å²) in [5.41, 5.74) is 0.904. The van der Waals surface area contributed by atoms with E-state index in [4.69, 9.17) is 0 Å². The lowest BCUT2D eigenvalue weighted by molar-refractivity contribution is 0.132. The number of hydrogen-bond acceptors (Lipinski definition) is 2. The summed E-state index contributed by atoms with van der Waals surface area (Å²) in [6, 6.07) is 14.8. The fourth-order valence-electron chi connectivity index (χ4n) is 4.07. The number of amides is 2. The van der Waals surface area contributed by atoms with E-state index in [1.807, 2.05) is 29.2 Å². The minimum Gasteiger partial charge on any atom is -0.323 e. The lowest BCUT2D eigenvalue weighted by Crippen LogP contribution is -2.50. The first kappa shape index (κ1) is 15.5. The largest absolute Gasteiger partial charge is 0.323 e. The fourth-order valence-corrected chi connectivity index (χ4v) is 4.07. The second-order valence-corrected chi connectivity index (χ2v) is 6.94. The number of nitrogens with one attached hydrogen (secondary N) is 1. The summed E-state index contributed by atoms with van der Waals surface area (Å²) in [6.45, 7) is 4.12. The minimum absolute atomic E-state index is 0.0373. The SMILES string of the molecule is O=C(Nc1cccc2ccccc12)N1CCC[C@@H](N2CCCC2)C1. The zero-order valence-electron chi connectivity index (χ0n) is 14.1. The zero-order valence-corrected chi connectivity index (χ0v) is 14.1. The van der Waals surface area contributed by atoms with E-state index in [1.165, 1.54) is 32.4 Å². The van der Waals surface area contributed by atoms with E-state index in [-0.39, 0.29) is 6.03 Å². The highest BCUT2D eigenvalue weighted by molar-refractivity contribution is 6.01. The molecular weight excluding hydrogens is 298 g/mol. The molecule has 2 aromatic rings. The molecule has 0 radical (unpaired) electrons. The summed E-state index contributed by atoms with van der Waals surface area (Å²) in [5, 5.41) is 5.39. The van der Waals surface area contributed by atoms with Crippen molar-refractivity contribution in [3.05, 3.63) is 42.5 Å². The number of nitrogens with zero attached hydrogens (tertiary/aromatic N) is 2. The van der Waals surface area contributed by atoms with Crippen molar-refractivity contribution in [2.24, 2.45) is 0 Å². The Hall–Kier alpha value is -2.07. The van der Waals surface area contributed by atoms with Gasteiger partial charge in [0.25, 0.3) is 0 Å². The Labute approximate surface area is 143 Å². The molecule has 2 fully saturated rings. The Morgan fingerprint density at radius 3 is 2.62 bits per heavy atom. The van der Waals surface area contributed by atoms with Crippen LogP contribution in [0.1, 0.15) is 25.7 Å². The molecule has 2 heterocycles. The Balaban J connectivity index is 1.47. The van der Waals surface area contributed by atoms with Gasteiger partial charge >= 0.3 is 6.03 Å². The smallest absolute Gasteiger partial charge is 0.321 e. The first-order valence-corrected chi connectivity index (χ1v) is 9.09. The highest BCUT2D eigenvalue weighted by atomic mass is 16.2. The van der Waals surface area contributed by atoms with Crippen LogP contribution < -0.4 is 5.32 Å². The van der Waals surface area contributed by atoms with E-state index in [2.05, 4.69) is 28.4 Å². The van der Waals surface area contributed by atoms with Crippen molar-refractivity contribution in [3.63, 3.8) is 0 Å². The van der Waals surface area contributed by atoms with Crippen molar-refractivity contribution < 1.29 is 4.79 Å². The lowest BCUT2D eigenvalue weighted by Gasteiger charge is -2.37. The first-order chi connectivity index (χ1) is 11.8. The van der Waals surface area contributed by atoms with Gasteiger partial charge in [0.05, 0.1) is 5.69 Å². The van der Waals surface area contributed by atoms with Crippen LogP contribution in [-0.4, -0.2) is 48.1 Å². The quantitative estimate of drug-likeness (QED) is 0.909. The van der Waals surface area contributed by atoms with Gasteiger partial charge in [-0.05, 0) is 50.2 Å². The molecule has 4 nitrogen and oxygen atoms in total. The molecule has 2 aliphatic heterocycles. The third kappa shape index (κ3) is 3.11. The van der Waals surface area contributed by atoms with Crippen LogP contribution in [0, 0.1) is 0 Å². The number of piperidine rings is 1. The Bertz CT molecular complexity index is 718. The highest BCUT2D eigenvalue weighted by Crippen LogP contribution is 2.25. The average Bonchev–Trinajstić information content (AvgIpc) is 3.17. The Kier molecular flexibility index (Phi) is 4.39. The topological polar surface area (TPSA) is 35.6 Å². The number of benzene rings is 2. The molecule has 0 bridgehead atoms. The van der Waals surface area contributed by atoms with Crippen molar-refractivity contribution in [3.8, 4) is 0 Å². The van der Waals surface area contributed by atoms with Gasteiger partial charge in [-0.15, -0.1) is 0 Å². The van der Waals surface area contributed by atoms with Crippen LogP contribution in [0.4, 0.5) is 10.5 Å². The molecule has 126 valence electrons. The number of hydrogen-bond donors (Lipinski definition) is 1. The predicted molar refractivity (Wildman–Crippen MR) is 98.4 cm³/mol. The van der Waals surface area contributed by atoms with Crippen LogP contribution in [0.5, 0.6) is 0 Å². The summed E-state index contributed by atoms with van der Waals surface area (Å²) in [5.74, 6) is 0. The highest BCUT2D eigenvalue weighted by Gasteiger charge is 2.29. The molecule has 2 aromatic carbocycles. The van der Waals surface area contributed by atoms with Crippen LogP contribution in [0.25, 0.3) is 10.8 Å². The molecule has 0 spiro atoms. The zero-order chi connectivity index (χ0) is 16.4. The van der Waals surface area contributed by atoms with Gasteiger partial charge in [-0.3, -0.25) is 4.90 Å². The molecule has 1 atom stereocenters. The first-order valence-electron chi connectivity index (χ1n) is 9.09. The van der Waals surface area contributed by atoms with Crippen LogP contribution in [-0.2, 0) is 0 Å². The van der Waals surface area contributed by atoms with Crippen LogP contribution in [0.3, 0.4) is 0 Å². The Morgan fingerprint density at radius 1 is 0.958 bits per heavy atom. The molecule has 0 aliphatic carbocycles. The number of likely N-dealkylation sites (tertiary alicyclic amines) is 2. The molecule has 1 N–H and O–H groups in total. The predicted octanol–water partition coefficient (Wildman–Crippen LogP) is 3.93. The van der Waals surface area contributed by atoms with E-state index in [0.717, 1.165) is 36.0 Å². The molecule has 0 aromatic heterocycles. The van der Waals surface area contributed by atoms with E-state index in [9.17, 15) is 4.79 Å². The van der Waals surface area contributed by atoms with E-state index >= 15 is 0 Å². The van der Waals surface area contributed by atoms with E-state index in [1.54, 1.807) is 0 Å². The van der Waals surface area contributed by atoms with E-state index in [0.29, 0.717) is 6.04 Å². The van der Waals surface area contributed by atoms with Crippen molar-refractivity contribution in [1.29, 1.82) is 0 Å². The summed E-state index contributed by atoms with van der Waals surface area (Å²) >= 11 is 0. The molecule has 4 rings (SSSR count). The standard InChI is InChI=1S/C20H25N3O/c24-20(21-19-11-5-8-16-7-1-2-10-18(16)19)23-14-6-9-17(15-23)22-12-3-4-13-22/h1-2,5,7-8,10-11,17H,3-4,6,9,12-15H2,(H,21,24)/t17-/m1/s1. The van der Waals surface area contributed by atoms with Crippen LogP contribution in [0.2, 0.25) is 0 Å². The molecule has 2 amide bonds. The van der Waals surface area contributed by atoms with Crippen molar-refractivity contribution in [1.82, 2.24) is 9.80 Å². The van der Waals surface area contributed by atoms with Crippen molar-refractivity contribution in [2.75, 3.05) is 31.5 Å². The average molecular weight is 323 g/mol. The van der Waals surface area contributed by atoms with Crippen LogP contribution >= 0.6 is 0 Å². The van der Waals surface area contributed by atoms with Gasteiger partial charge in [-0.2, -0.15) is 0 Å². The fraction of sp³-hybridized carbons (Fsp3) is 0.450. The number of carbonyl (C=O) groups excluding carboxylic acids is 1. The normalized spacial score (nSPS) is 22.0. The van der Waals surface area contributed by atoms with Crippen molar-refractivity contribution in [2.45, 2.75) is 31.7 Å². The molecule has 2 aliphatic rings. The maximum absolute atomic E-state index is 12.8. The van der Waals surface area contributed by atoms with Gasteiger partial charge < -0.3 is 10.2 Å².